The molecule has 5 nitrogen and oxygen atoms in total. The van der Waals surface area contributed by atoms with Gasteiger partial charge in [-0.2, -0.15) is 0 Å². The second-order valence-electron chi connectivity index (χ2n) is 12.3. The van der Waals surface area contributed by atoms with Crippen LogP contribution in [0.2, 0.25) is 18.1 Å². The van der Waals surface area contributed by atoms with Crippen LogP contribution in [-0.4, -0.2) is 47.2 Å². The normalized spacial score (nSPS) is 23.6. The molecular formula is C32H39NO4S2Si. The molecule has 40 heavy (non-hydrogen) atoms. The summed E-state index contributed by atoms with van der Waals surface area (Å²) in [5.74, 6) is 0.161. The van der Waals surface area contributed by atoms with Crippen molar-refractivity contribution in [2.75, 3.05) is 0 Å². The highest BCUT2D eigenvalue weighted by atomic mass is 32.2. The van der Waals surface area contributed by atoms with Crippen LogP contribution >= 0.6 is 23.5 Å². The zero-order valence-electron chi connectivity index (χ0n) is 24.1. The molecule has 5 atom stereocenters. The van der Waals surface area contributed by atoms with Gasteiger partial charge in [0.1, 0.15) is 6.61 Å². The van der Waals surface area contributed by atoms with Crippen molar-refractivity contribution in [1.82, 2.24) is 4.90 Å². The first-order chi connectivity index (χ1) is 19.0. The molecule has 2 saturated heterocycles. The van der Waals surface area contributed by atoms with E-state index in [4.69, 9.17) is 9.16 Å². The van der Waals surface area contributed by atoms with Crippen molar-refractivity contribution < 1.29 is 18.8 Å². The lowest BCUT2D eigenvalue weighted by atomic mass is 9.91. The van der Waals surface area contributed by atoms with Crippen LogP contribution in [0.25, 0.3) is 10.8 Å². The van der Waals surface area contributed by atoms with Gasteiger partial charge in [-0.25, -0.2) is 4.79 Å². The Labute approximate surface area is 247 Å². The summed E-state index contributed by atoms with van der Waals surface area (Å²) in [5, 5.41) is 2.38. The van der Waals surface area contributed by atoms with Gasteiger partial charge in [0.15, 0.2) is 14.4 Å². The number of amides is 1. The monoisotopic (exact) mass is 593 g/mol. The number of esters is 1. The van der Waals surface area contributed by atoms with Gasteiger partial charge >= 0.3 is 5.97 Å². The van der Waals surface area contributed by atoms with E-state index < -0.39 is 14.4 Å². The van der Waals surface area contributed by atoms with E-state index in [0.29, 0.717) is 0 Å². The topological polar surface area (TPSA) is 55.8 Å². The zero-order valence-corrected chi connectivity index (χ0v) is 26.8. The third kappa shape index (κ3) is 5.87. The van der Waals surface area contributed by atoms with E-state index in [0.717, 1.165) is 11.3 Å². The Bertz CT molecular complexity index is 1380. The van der Waals surface area contributed by atoms with Crippen molar-refractivity contribution in [3.8, 4) is 0 Å². The van der Waals surface area contributed by atoms with E-state index in [1.807, 2.05) is 43.3 Å². The first-order valence-electron chi connectivity index (χ1n) is 13.9. The third-order valence-corrected chi connectivity index (χ3v) is 16.2. The minimum atomic E-state index is -2.05. The number of rotatable bonds is 9. The molecule has 8 heteroatoms. The van der Waals surface area contributed by atoms with Gasteiger partial charge in [-0.3, -0.25) is 4.79 Å². The average molecular weight is 594 g/mol. The number of thioether (sulfide) groups is 2. The van der Waals surface area contributed by atoms with E-state index in [2.05, 4.69) is 70.3 Å². The molecule has 2 fully saturated rings. The molecule has 3 aromatic carbocycles. The fourth-order valence-electron chi connectivity index (χ4n) is 5.12. The molecule has 212 valence electrons. The van der Waals surface area contributed by atoms with Crippen LogP contribution < -0.4 is 0 Å². The van der Waals surface area contributed by atoms with Gasteiger partial charge in [-0.15, -0.1) is 23.5 Å². The van der Waals surface area contributed by atoms with Gasteiger partial charge in [0.05, 0.1) is 22.0 Å². The number of β-lactam (4-membered cyclic amide) rings is 1. The van der Waals surface area contributed by atoms with Gasteiger partial charge in [0.25, 0.3) is 0 Å². The highest BCUT2D eigenvalue weighted by Crippen LogP contribution is 2.54. The number of nitrogens with zero attached hydrogens (tertiary/aromatic N) is 1. The van der Waals surface area contributed by atoms with Crippen molar-refractivity contribution in [3.63, 3.8) is 0 Å². The Morgan fingerprint density at radius 3 is 2.38 bits per heavy atom. The number of hydrogen-bond acceptors (Lipinski definition) is 6. The molecule has 0 aliphatic carbocycles. The lowest BCUT2D eigenvalue weighted by Crippen LogP contribution is -2.65. The molecule has 0 unspecified atom stereocenters. The largest absolute Gasteiger partial charge is 0.459 e. The molecule has 2 aliphatic rings. The highest BCUT2D eigenvalue weighted by Gasteiger charge is 2.63. The van der Waals surface area contributed by atoms with Crippen molar-refractivity contribution in [1.29, 1.82) is 0 Å². The average Bonchev–Trinajstić information content (AvgIpc) is 3.24. The van der Waals surface area contributed by atoms with Crippen molar-refractivity contribution in [3.05, 3.63) is 83.9 Å². The summed E-state index contributed by atoms with van der Waals surface area (Å²) in [7, 11) is -2.05. The summed E-state index contributed by atoms with van der Waals surface area (Å²) < 4.78 is 12.3. The van der Waals surface area contributed by atoms with Crippen molar-refractivity contribution in [2.45, 2.75) is 80.3 Å². The summed E-state index contributed by atoms with van der Waals surface area (Å²) in [4.78, 5) is 28.9. The van der Waals surface area contributed by atoms with Crippen molar-refractivity contribution >= 4 is 54.5 Å². The van der Waals surface area contributed by atoms with Gasteiger partial charge in [0.2, 0.25) is 5.91 Å². The first kappa shape index (κ1) is 29.2. The van der Waals surface area contributed by atoms with Crippen LogP contribution in [0.3, 0.4) is 0 Å². The quantitative estimate of drug-likeness (QED) is 0.146. The Morgan fingerprint density at radius 2 is 1.68 bits per heavy atom. The van der Waals surface area contributed by atoms with Crippen LogP contribution in [0.1, 0.15) is 38.8 Å². The smallest absolute Gasteiger partial charge is 0.331 e. The van der Waals surface area contributed by atoms with Gasteiger partial charge < -0.3 is 14.1 Å². The number of hydrogen-bond donors (Lipinski definition) is 0. The fourth-order valence-corrected chi connectivity index (χ4v) is 9.91. The molecule has 0 radical (unpaired) electrons. The SMILES string of the molecule is C[C@@H](O[Si](C)(C)C(C)(C)C)[C@H]1C(=O)N2[C@@H]1S[C@H](SCc1ccc3ccccc3c1)[C@@H]2C(=O)OCc1ccccc1. The van der Waals surface area contributed by atoms with E-state index in [1.165, 1.54) is 16.3 Å². The maximum absolute atomic E-state index is 13.6. The summed E-state index contributed by atoms with van der Waals surface area (Å²) in [6.07, 6.45) is -0.202. The fraction of sp³-hybridized carbons (Fsp3) is 0.438. The Hall–Kier alpha value is -2.26. The lowest BCUT2D eigenvalue weighted by Gasteiger charge is -2.48. The number of fused-ring (bicyclic) bond motifs is 2. The predicted octanol–water partition coefficient (Wildman–Crippen LogP) is 7.45. The predicted molar refractivity (Wildman–Crippen MR) is 169 cm³/mol. The lowest BCUT2D eigenvalue weighted by molar-refractivity contribution is -0.169. The summed E-state index contributed by atoms with van der Waals surface area (Å²) in [6.45, 7) is 13.3. The maximum Gasteiger partial charge on any atom is 0.331 e. The highest BCUT2D eigenvalue weighted by molar-refractivity contribution is 8.17. The Balaban J connectivity index is 1.33. The second kappa shape index (κ2) is 11.5. The summed E-state index contributed by atoms with van der Waals surface area (Å²) in [5.41, 5.74) is 2.13. The summed E-state index contributed by atoms with van der Waals surface area (Å²) >= 11 is 3.44. The standard InChI is InChI=1S/C32H39NO4S2Si/c1-21(37-40(5,6)32(2,3)4)26-28(34)33-27(30(35)36-19-22-12-8-7-9-13-22)31(39-29(26)33)38-20-23-16-17-24-14-10-11-15-25(24)18-23/h7-18,21,26-27,29,31H,19-20H2,1-6H3/t21-,26+,27+,29-,31+/m1/s1. The molecule has 0 saturated carbocycles. The summed E-state index contributed by atoms with van der Waals surface area (Å²) in [6, 6.07) is 23.9. The van der Waals surface area contributed by atoms with E-state index >= 15 is 0 Å². The Kier molecular flexibility index (Phi) is 8.44. The molecule has 0 N–H and O–H groups in total. The molecule has 0 aromatic heterocycles. The molecule has 0 spiro atoms. The molecule has 0 bridgehead atoms. The number of carbonyl (C=O) groups is 2. The second-order valence-corrected chi connectivity index (χ2v) is 19.7. The van der Waals surface area contributed by atoms with Crippen LogP contribution in [0.4, 0.5) is 0 Å². The minimum absolute atomic E-state index is 0.000763. The maximum atomic E-state index is 13.6. The zero-order chi connectivity index (χ0) is 28.7. The number of ether oxygens (including phenoxy) is 1. The molecule has 3 aromatic rings. The van der Waals surface area contributed by atoms with Crippen molar-refractivity contribution in [2.24, 2.45) is 5.92 Å². The van der Waals surface area contributed by atoms with E-state index in [9.17, 15) is 9.59 Å². The van der Waals surface area contributed by atoms with Gasteiger partial charge in [0, 0.05) is 5.75 Å². The third-order valence-electron chi connectivity index (χ3n) is 8.44. The molecule has 2 aliphatic heterocycles. The van der Waals surface area contributed by atoms with Gasteiger partial charge in [-0.1, -0.05) is 93.6 Å². The van der Waals surface area contributed by atoms with Crippen LogP contribution in [0.15, 0.2) is 72.8 Å². The van der Waals surface area contributed by atoms with Gasteiger partial charge in [-0.05, 0) is 47.0 Å². The molecule has 1 amide bonds. The number of benzene rings is 3. The van der Waals surface area contributed by atoms with Crippen LogP contribution in [0.5, 0.6) is 0 Å². The van der Waals surface area contributed by atoms with Crippen LogP contribution in [0, 0.1) is 5.92 Å². The van der Waals surface area contributed by atoms with E-state index in [-0.39, 0.29) is 45.5 Å². The van der Waals surface area contributed by atoms with Crippen LogP contribution in [-0.2, 0) is 31.1 Å². The van der Waals surface area contributed by atoms with E-state index in [1.54, 1.807) is 28.4 Å². The first-order valence-corrected chi connectivity index (χ1v) is 18.8. The Morgan fingerprint density at radius 1 is 1.00 bits per heavy atom. The molecular weight excluding hydrogens is 555 g/mol. The minimum Gasteiger partial charge on any atom is -0.459 e. The molecule has 5 rings (SSSR count). The number of carbonyl (C=O) groups excluding carboxylic acids is 2. The molecule has 2 heterocycles.